The number of rotatable bonds is 84. The quantitative estimate of drug-likeness (QED) is 0.0687. The van der Waals surface area contributed by atoms with E-state index in [2.05, 4.69) is 5.32 Å². The van der Waals surface area contributed by atoms with Crippen LogP contribution in [0, 0.1) is 0 Å². The monoisotopic (exact) mass is 1710 g/mol. The van der Waals surface area contributed by atoms with Gasteiger partial charge in [-0.05, 0) is 59.9 Å². The second-order valence-corrected chi connectivity index (χ2v) is 27.4. The molecule has 2 atom stereocenters. The molecule has 0 saturated carbocycles. The number of carbonyl (C=O) groups is 2. The van der Waals surface area contributed by atoms with E-state index in [1.54, 1.807) is 45.6 Å². The Morgan fingerprint density at radius 3 is 0.896 bits per heavy atom. The fourth-order valence-electron chi connectivity index (χ4n) is 10.3. The van der Waals surface area contributed by atoms with Gasteiger partial charge in [0, 0.05) is 30.1 Å². The van der Waals surface area contributed by atoms with E-state index in [1.165, 1.54) is 18.2 Å². The first kappa shape index (κ1) is 103. The van der Waals surface area contributed by atoms with Gasteiger partial charge >= 0.3 is 5.97 Å². The summed E-state index contributed by atoms with van der Waals surface area (Å²) in [7, 11) is 0.577. The van der Waals surface area contributed by atoms with Crippen LogP contribution in [-0.2, 0) is 151 Å². The summed E-state index contributed by atoms with van der Waals surface area (Å²) in [4.78, 5) is 25.8. The van der Waals surface area contributed by atoms with Gasteiger partial charge in [0.25, 0.3) is 0 Å². The number of sulfonamides is 1. The summed E-state index contributed by atoms with van der Waals surface area (Å²) in [5, 5.41) is 12.9. The zero-order chi connectivity index (χ0) is 82.2. The number of halogens is 2. The van der Waals surface area contributed by atoms with Crippen LogP contribution in [0.1, 0.15) is 24.0 Å². The minimum Gasteiger partial charge on any atom is -0.496 e. The summed E-state index contributed by atoms with van der Waals surface area (Å²) in [6, 6.07) is 12.3. The van der Waals surface area contributed by atoms with Crippen LogP contribution in [0.4, 0.5) is 0 Å². The molecule has 115 heavy (non-hydrogen) atoms. The second-order valence-electron chi connectivity index (χ2n) is 24.7. The van der Waals surface area contributed by atoms with Crippen LogP contribution < -0.4 is 14.8 Å². The van der Waals surface area contributed by atoms with Gasteiger partial charge in [-0.3, -0.25) is 4.79 Å². The smallest absolute Gasteiger partial charge is 0.326 e. The first-order valence-electron chi connectivity index (χ1n) is 39.2. The minimum absolute atomic E-state index is 0.0638. The SMILES string of the molecule is COCCOCCOCCOCCOCCOCCOCCOCCOCCOCCOCCOCCOCCOCCOCCOCCOCCOCCOCCOCCOCCOCCOCCOCCOCc1cc(OC)c(-c2ccc(C[C@H](NC(=O)[C@@H]3CCCN3S(=O)(=O)c3cc(Cl)cc(Cl)c3)C(=O)O)cc2)c(OC)c1. The van der Waals surface area contributed by atoms with Gasteiger partial charge in [-0.2, -0.15) is 4.31 Å². The van der Waals surface area contributed by atoms with Crippen LogP contribution in [-0.4, -0.2) is 387 Å². The highest BCUT2D eigenvalue weighted by molar-refractivity contribution is 7.89. The lowest BCUT2D eigenvalue weighted by molar-refractivity contribution is -0.142. The van der Waals surface area contributed by atoms with Crippen molar-refractivity contribution in [2.24, 2.45) is 0 Å². The zero-order valence-corrected chi connectivity index (χ0v) is 69.9. The number of nitrogens with one attached hydrogen (secondary N) is 1. The number of carboxylic acids is 1. The molecule has 2 N–H and O–H groups in total. The van der Waals surface area contributed by atoms with E-state index in [-0.39, 0.29) is 40.9 Å². The van der Waals surface area contributed by atoms with Crippen molar-refractivity contribution in [1.82, 2.24) is 9.62 Å². The van der Waals surface area contributed by atoms with Crippen LogP contribution in [0.5, 0.6) is 11.5 Å². The maximum Gasteiger partial charge on any atom is 0.326 e. The number of carbonyl (C=O) groups excluding carboxylic acids is 1. The fourth-order valence-corrected chi connectivity index (χ4v) is 12.7. The van der Waals surface area contributed by atoms with E-state index < -0.39 is 34.0 Å². The van der Waals surface area contributed by atoms with Gasteiger partial charge in [-0.1, -0.05) is 47.5 Å². The number of nitrogens with zero attached hydrogens (tertiary/aromatic N) is 1. The number of methoxy groups -OCH3 is 3. The van der Waals surface area contributed by atoms with E-state index in [4.69, 9.17) is 151 Å². The van der Waals surface area contributed by atoms with Crippen LogP contribution in [0.2, 0.25) is 10.0 Å². The van der Waals surface area contributed by atoms with Gasteiger partial charge < -0.3 is 138 Å². The van der Waals surface area contributed by atoms with E-state index in [0.29, 0.717) is 346 Å². The first-order valence-corrected chi connectivity index (χ1v) is 41.4. The van der Waals surface area contributed by atoms with Gasteiger partial charge in [0.05, 0.1) is 348 Å². The Labute approximate surface area is 688 Å². The molecule has 3 aromatic carbocycles. The lowest BCUT2D eigenvalue weighted by Gasteiger charge is -2.25. The van der Waals surface area contributed by atoms with Crippen LogP contribution in [0.3, 0.4) is 0 Å². The van der Waals surface area contributed by atoms with Gasteiger partial charge in [0.1, 0.15) is 23.6 Å². The molecule has 37 heteroatoms. The van der Waals surface area contributed by atoms with Crippen molar-refractivity contribution in [2.75, 3.05) is 345 Å². The number of carboxylic acid groups (broad SMARTS) is 1. The second kappa shape index (κ2) is 72.5. The van der Waals surface area contributed by atoms with Crippen molar-refractivity contribution in [3.05, 3.63) is 75.8 Å². The first-order chi connectivity index (χ1) is 56.5. The fraction of sp³-hybridized carbons (Fsp3) is 0.744. The molecule has 0 unspecified atom stereocenters. The van der Waals surface area contributed by atoms with Crippen molar-refractivity contribution in [3.63, 3.8) is 0 Å². The average Bonchev–Trinajstić information content (AvgIpc) is 1.75. The molecular formula is C78H128Cl2N2O32S. The molecule has 34 nitrogen and oxygen atoms in total. The van der Waals surface area contributed by atoms with E-state index in [9.17, 15) is 23.1 Å². The summed E-state index contributed by atoms with van der Waals surface area (Å²) in [5.41, 5.74) is 2.84. The Kier molecular flexibility index (Phi) is 65.0. The summed E-state index contributed by atoms with van der Waals surface area (Å²) in [6.45, 7) is 22.9. The molecule has 4 rings (SSSR count). The molecule has 1 amide bonds. The van der Waals surface area contributed by atoms with Crippen LogP contribution in [0.15, 0.2) is 59.5 Å². The van der Waals surface area contributed by atoms with E-state index in [1.807, 2.05) is 12.1 Å². The topological polar surface area (TPSA) is 353 Å². The Bertz CT molecular complexity index is 2880. The summed E-state index contributed by atoms with van der Waals surface area (Å²) < 4.78 is 178. The minimum atomic E-state index is -4.17. The van der Waals surface area contributed by atoms with Crippen LogP contribution in [0.25, 0.3) is 11.1 Å². The van der Waals surface area contributed by atoms with Crippen molar-refractivity contribution in [2.45, 2.75) is 42.8 Å². The largest absolute Gasteiger partial charge is 0.496 e. The highest BCUT2D eigenvalue weighted by Crippen LogP contribution is 2.40. The lowest BCUT2D eigenvalue weighted by atomic mass is 9.98. The normalized spacial score (nSPS) is 13.5. The maximum atomic E-state index is 13.5. The summed E-state index contributed by atoms with van der Waals surface area (Å²) in [6.07, 6.45) is 0.558. The average molecular weight is 1710 g/mol. The molecule has 3 aromatic rings. The third-order valence-corrected chi connectivity index (χ3v) is 18.4. The van der Waals surface area contributed by atoms with Gasteiger partial charge in [0.2, 0.25) is 15.9 Å². The van der Waals surface area contributed by atoms with Crippen molar-refractivity contribution >= 4 is 45.1 Å². The van der Waals surface area contributed by atoms with Crippen LogP contribution >= 0.6 is 23.2 Å². The number of aliphatic carboxylic acids is 1. The molecule has 0 radical (unpaired) electrons. The van der Waals surface area contributed by atoms with Crippen molar-refractivity contribution < 1.29 is 151 Å². The Balaban J connectivity index is 0.785. The standard InChI is InChI=1S/C78H128Cl2N2O32S/c1-88-11-12-91-13-14-92-15-16-93-17-18-94-19-20-95-21-22-96-23-24-97-25-26-98-27-28-99-29-30-100-31-32-101-33-34-102-35-36-103-37-38-104-39-40-105-41-42-106-43-44-107-45-46-108-47-48-109-49-50-110-51-52-111-53-54-112-55-56-113-57-58-114-65-67-60-74(89-2)76(75(61-67)90-3)68-8-6-66(7-9-68)59-72(78(84)85)81-77(83)73-5-4-10-82(73)115(86,87)71-63-69(79)62-70(80)64-71/h6-9,60-64,72-73H,4-5,10-59,65H2,1-3H3,(H,81,83)(H,84,85)/t72-,73-/m0/s1. The highest BCUT2D eigenvalue weighted by atomic mass is 35.5. The van der Waals surface area contributed by atoms with Gasteiger partial charge in [-0.25, -0.2) is 13.2 Å². The molecule has 1 aliphatic rings. The number of amides is 1. The summed E-state index contributed by atoms with van der Waals surface area (Å²) >= 11 is 12.1. The highest BCUT2D eigenvalue weighted by Gasteiger charge is 2.41. The molecule has 662 valence electrons. The number of hydrogen-bond donors (Lipinski definition) is 2. The maximum absolute atomic E-state index is 13.5. The zero-order valence-electron chi connectivity index (χ0n) is 67.5. The summed E-state index contributed by atoms with van der Waals surface area (Å²) in [5.74, 6) is -0.920. The van der Waals surface area contributed by atoms with E-state index >= 15 is 0 Å². The molecule has 1 heterocycles. The van der Waals surface area contributed by atoms with E-state index in [0.717, 1.165) is 15.4 Å². The molecule has 0 spiro atoms. The molecule has 1 fully saturated rings. The Hall–Kier alpha value is -4.31. The predicted molar refractivity (Wildman–Crippen MR) is 422 cm³/mol. The molecule has 0 aliphatic carbocycles. The molecule has 0 aromatic heterocycles. The number of ether oxygens (including phenoxy) is 27. The van der Waals surface area contributed by atoms with Crippen molar-refractivity contribution in [3.8, 4) is 22.6 Å². The number of hydrogen-bond acceptors (Lipinski definition) is 31. The number of benzene rings is 3. The Morgan fingerprint density at radius 2 is 0.643 bits per heavy atom. The Morgan fingerprint density at radius 1 is 0.383 bits per heavy atom. The molecule has 1 aliphatic heterocycles. The molecule has 0 bridgehead atoms. The molecular weight excluding hydrogens is 1580 g/mol. The third kappa shape index (κ3) is 53.2. The van der Waals surface area contributed by atoms with Gasteiger partial charge in [-0.15, -0.1) is 0 Å². The third-order valence-electron chi connectivity index (χ3n) is 16.1. The predicted octanol–water partition coefficient (Wildman–Crippen LogP) is 5.19. The molecule has 1 saturated heterocycles. The van der Waals surface area contributed by atoms with Gasteiger partial charge in [0.15, 0.2) is 0 Å². The lowest BCUT2D eigenvalue weighted by Crippen LogP contribution is -2.51. The van der Waals surface area contributed by atoms with Crippen molar-refractivity contribution in [1.29, 1.82) is 0 Å².